The van der Waals surface area contributed by atoms with Gasteiger partial charge in [-0.2, -0.15) is 5.10 Å². The third-order valence-corrected chi connectivity index (χ3v) is 3.57. The van der Waals surface area contributed by atoms with Gasteiger partial charge in [0.2, 0.25) is 5.96 Å². The second kappa shape index (κ2) is 3.93. The molecule has 98 valence electrons. The van der Waals surface area contributed by atoms with Crippen LogP contribution in [0.5, 0.6) is 0 Å². The molecule has 4 nitrogen and oxygen atoms in total. The molecule has 1 aliphatic rings. The van der Waals surface area contributed by atoms with Crippen molar-refractivity contribution >= 4 is 28.1 Å². The molecule has 3 aromatic rings. The molecule has 0 saturated heterocycles. The molecule has 0 fully saturated rings. The number of hydrogen-bond acceptors (Lipinski definition) is 3. The van der Waals surface area contributed by atoms with Crippen molar-refractivity contribution in [1.29, 1.82) is 0 Å². The quantitative estimate of drug-likeness (QED) is 0.672. The van der Waals surface area contributed by atoms with Crippen molar-refractivity contribution in [1.82, 2.24) is 9.78 Å². The number of rotatable bonds is 0. The van der Waals surface area contributed by atoms with Crippen LogP contribution in [0.2, 0.25) is 0 Å². The maximum Gasteiger partial charge on any atom is 0.229 e. The number of aryl methyl sites for hydroxylation is 2. The molecule has 0 amide bonds. The van der Waals surface area contributed by atoms with Crippen LogP contribution in [0.4, 0.5) is 11.4 Å². The van der Waals surface area contributed by atoms with Gasteiger partial charge < -0.3 is 5.32 Å². The molecule has 0 aliphatic carbocycles. The van der Waals surface area contributed by atoms with Crippen molar-refractivity contribution in [3.05, 3.63) is 53.9 Å². The predicted molar refractivity (Wildman–Crippen MR) is 81.8 cm³/mol. The van der Waals surface area contributed by atoms with Gasteiger partial charge in [-0.05, 0) is 37.4 Å². The third kappa shape index (κ3) is 1.54. The summed E-state index contributed by atoms with van der Waals surface area (Å²) in [6, 6.07) is 14.5. The summed E-state index contributed by atoms with van der Waals surface area (Å²) in [5.41, 5.74) is 4.12. The van der Waals surface area contributed by atoms with Crippen LogP contribution < -0.4 is 5.32 Å². The van der Waals surface area contributed by atoms with Gasteiger partial charge in [0.25, 0.3) is 0 Å². The summed E-state index contributed by atoms with van der Waals surface area (Å²) < 4.78 is 1.85. The molecule has 0 saturated carbocycles. The lowest BCUT2D eigenvalue weighted by Crippen LogP contribution is -2.25. The normalized spacial score (nSPS) is 13.2. The van der Waals surface area contributed by atoms with Gasteiger partial charge in [-0.1, -0.05) is 24.3 Å². The van der Waals surface area contributed by atoms with Crippen LogP contribution in [-0.2, 0) is 0 Å². The molecular formula is C16H14N4. The van der Waals surface area contributed by atoms with Crippen LogP contribution in [0, 0.1) is 13.8 Å². The van der Waals surface area contributed by atoms with Gasteiger partial charge in [0.1, 0.15) is 0 Å². The highest BCUT2D eigenvalue weighted by molar-refractivity contribution is 6.13. The van der Waals surface area contributed by atoms with E-state index in [0.29, 0.717) is 0 Å². The Morgan fingerprint density at radius 1 is 1.05 bits per heavy atom. The van der Waals surface area contributed by atoms with E-state index in [1.54, 1.807) is 0 Å². The first kappa shape index (κ1) is 11.2. The molecule has 1 aliphatic heterocycles. The van der Waals surface area contributed by atoms with Crippen molar-refractivity contribution < 1.29 is 0 Å². The van der Waals surface area contributed by atoms with Gasteiger partial charge in [-0.15, -0.1) is 0 Å². The first-order chi connectivity index (χ1) is 9.72. The van der Waals surface area contributed by atoms with Crippen LogP contribution in [-0.4, -0.2) is 15.7 Å². The van der Waals surface area contributed by atoms with E-state index in [9.17, 15) is 0 Å². The third-order valence-electron chi connectivity index (χ3n) is 3.57. The minimum atomic E-state index is 0.752. The van der Waals surface area contributed by atoms with E-state index < -0.39 is 0 Å². The van der Waals surface area contributed by atoms with Crippen LogP contribution in [0.25, 0.3) is 10.8 Å². The summed E-state index contributed by atoms with van der Waals surface area (Å²) in [4.78, 5) is 4.71. The van der Waals surface area contributed by atoms with Crippen LogP contribution in [0.15, 0.2) is 47.5 Å². The minimum absolute atomic E-state index is 0.752. The van der Waals surface area contributed by atoms with E-state index >= 15 is 0 Å². The number of aromatic nitrogens is 2. The van der Waals surface area contributed by atoms with Crippen molar-refractivity contribution in [2.75, 3.05) is 5.32 Å². The Balaban J connectivity index is 1.96. The predicted octanol–water partition coefficient (Wildman–Crippen LogP) is 3.61. The topological polar surface area (TPSA) is 42.2 Å². The zero-order chi connectivity index (χ0) is 13.7. The fourth-order valence-corrected chi connectivity index (χ4v) is 2.72. The second-order valence-corrected chi connectivity index (χ2v) is 5.08. The summed E-state index contributed by atoms with van der Waals surface area (Å²) in [6.45, 7) is 4.02. The largest absolute Gasteiger partial charge is 0.323 e. The molecule has 2 heterocycles. The molecule has 0 unspecified atom stereocenters. The Bertz CT molecular complexity index is 853. The molecule has 20 heavy (non-hydrogen) atoms. The number of aliphatic imine (C=N–C) groups is 1. The molecule has 2 aromatic carbocycles. The smallest absolute Gasteiger partial charge is 0.229 e. The molecule has 4 heteroatoms. The molecule has 1 N–H and O–H groups in total. The van der Waals surface area contributed by atoms with Crippen molar-refractivity contribution in [2.45, 2.75) is 13.8 Å². The van der Waals surface area contributed by atoms with E-state index in [1.807, 2.05) is 36.7 Å². The SMILES string of the molecule is Cc1cc(C)n(C2=Nc3cccc4cccc(c34)N2)n1. The van der Waals surface area contributed by atoms with Crippen LogP contribution in [0.1, 0.15) is 11.4 Å². The van der Waals surface area contributed by atoms with E-state index in [-0.39, 0.29) is 0 Å². The molecule has 0 atom stereocenters. The average Bonchev–Trinajstić information content (AvgIpc) is 2.78. The van der Waals surface area contributed by atoms with Gasteiger partial charge in [0, 0.05) is 11.1 Å². The molecule has 0 bridgehead atoms. The monoisotopic (exact) mass is 262 g/mol. The van der Waals surface area contributed by atoms with Gasteiger partial charge in [0.15, 0.2) is 0 Å². The molecule has 1 aromatic heterocycles. The Kier molecular flexibility index (Phi) is 2.21. The number of anilines is 1. The summed E-state index contributed by atoms with van der Waals surface area (Å²) in [7, 11) is 0. The number of benzene rings is 2. The van der Waals surface area contributed by atoms with Crippen molar-refractivity contribution in [3.63, 3.8) is 0 Å². The highest BCUT2D eigenvalue weighted by atomic mass is 15.4. The maximum absolute atomic E-state index is 4.71. The van der Waals surface area contributed by atoms with E-state index in [0.717, 1.165) is 28.7 Å². The summed E-state index contributed by atoms with van der Waals surface area (Å²) >= 11 is 0. The van der Waals surface area contributed by atoms with Crippen molar-refractivity contribution in [3.8, 4) is 0 Å². The summed E-state index contributed by atoms with van der Waals surface area (Å²) in [5, 5.41) is 10.2. The summed E-state index contributed by atoms with van der Waals surface area (Å²) in [5.74, 6) is 0.752. The fourth-order valence-electron chi connectivity index (χ4n) is 2.72. The van der Waals surface area contributed by atoms with E-state index in [2.05, 4.69) is 34.7 Å². The van der Waals surface area contributed by atoms with Gasteiger partial charge >= 0.3 is 0 Å². The zero-order valence-corrected chi connectivity index (χ0v) is 11.4. The number of nitrogens with zero attached hydrogens (tertiary/aromatic N) is 3. The molecule has 4 rings (SSSR count). The highest BCUT2D eigenvalue weighted by Gasteiger charge is 2.17. The Morgan fingerprint density at radius 2 is 1.85 bits per heavy atom. The van der Waals surface area contributed by atoms with E-state index in [4.69, 9.17) is 4.99 Å². The van der Waals surface area contributed by atoms with Crippen LogP contribution in [0.3, 0.4) is 0 Å². The average molecular weight is 262 g/mol. The number of hydrogen-bond donors (Lipinski definition) is 1. The Labute approximate surface area is 116 Å². The van der Waals surface area contributed by atoms with E-state index in [1.165, 1.54) is 10.8 Å². The Morgan fingerprint density at radius 3 is 2.60 bits per heavy atom. The first-order valence-corrected chi connectivity index (χ1v) is 6.63. The second-order valence-electron chi connectivity index (χ2n) is 5.08. The zero-order valence-electron chi connectivity index (χ0n) is 11.4. The lowest BCUT2D eigenvalue weighted by molar-refractivity contribution is 0.876. The lowest BCUT2D eigenvalue weighted by atomic mass is 10.1. The standard InChI is InChI=1S/C16H14N4/c1-10-9-11(2)20(19-10)16-17-13-7-3-5-12-6-4-8-14(18-16)15(12)13/h3-9H,1-2H3,(H,17,18). The Hall–Kier alpha value is -2.62. The first-order valence-electron chi connectivity index (χ1n) is 6.63. The number of nitrogens with one attached hydrogen (secondary N) is 1. The van der Waals surface area contributed by atoms with Gasteiger partial charge in [-0.3, -0.25) is 0 Å². The van der Waals surface area contributed by atoms with Gasteiger partial charge in [0.05, 0.1) is 17.1 Å². The van der Waals surface area contributed by atoms with Crippen molar-refractivity contribution in [2.24, 2.45) is 4.99 Å². The highest BCUT2D eigenvalue weighted by Crippen LogP contribution is 2.35. The lowest BCUT2D eigenvalue weighted by Gasteiger charge is -2.19. The molecule has 0 spiro atoms. The molecular weight excluding hydrogens is 248 g/mol. The summed E-state index contributed by atoms with van der Waals surface area (Å²) in [6.07, 6.45) is 0. The maximum atomic E-state index is 4.71. The van der Waals surface area contributed by atoms with Gasteiger partial charge in [-0.25, -0.2) is 9.67 Å². The minimum Gasteiger partial charge on any atom is -0.323 e. The fraction of sp³-hybridized carbons (Fsp3) is 0.125. The molecule has 0 radical (unpaired) electrons. The van der Waals surface area contributed by atoms with Crippen LogP contribution >= 0.6 is 0 Å².